The fraction of sp³-hybridized carbons (Fsp3) is 0.364. The largest absolute Gasteiger partial charge is 0.481 e. The predicted molar refractivity (Wildman–Crippen MR) is 58.6 cm³/mol. The van der Waals surface area contributed by atoms with Crippen LogP contribution in [0.3, 0.4) is 0 Å². The van der Waals surface area contributed by atoms with E-state index in [0.29, 0.717) is 5.69 Å². The number of aliphatic hydroxyl groups is 2. The lowest BCUT2D eigenvalue weighted by Gasteiger charge is -2.15. The van der Waals surface area contributed by atoms with E-state index in [0.717, 1.165) is 7.11 Å². The van der Waals surface area contributed by atoms with Crippen LogP contribution in [0.1, 0.15) is 17.4 Å². The maximum absolute atomic E-state index is 11.0. The Morgan fingerprint density at radius 2 is 2.06 bits per heavy atom. The van der Waals surface area contributed by atoms with Crippen molar-refractivity contribution < 1.29 is 29.6 Å². The Balaban J connectivity index is 2.78. The number of carbonyl (C=O) groups excluding carboxylic acids is 1. The molecule has 1 rings (SSSR count). The summed E-state index contributed by atoms with van der Waals surface area (Å²) in [6.45, 7) is 0. The number of ether oxygens (including phenoxy) is 1. The van der Waals surface area contributed by atoms with Gasteiger partial charge in [-0.2, -0.15) is 0 Å². The zero-order valence-electron chi connectivity index (χ0n) is 9.61. The highest BCUT2D eigenvalue weighted by Gasteiger charge is 2.26. The molecule has 0 aromatic carbocycles. The van der Waals surface area contributed by atoms with Crippen LogP contribution in [0.2, 0.25) is 0 Å². The van der Waals surface area contributed by atoms with Crippen LogP contribution >= 0.6 is 0 Å². The molecule has 0 saturated heterocycles. The number of pyridine rings is 1. The molecule has 0 amide bonds. The number of esters is 1. The lowest BCUT2D eigenvalue weighted by atomic mass is 10.1. The third kappa shape index (κ3) is 3.51. The number of carboxylic acids is 1. The van der Waals surface area contributed by atoms with Gasteiger partial charge in [0.25, 0.3) is 0 Å². The number of rotatable bonds is 5. The summed E-state index contributed by atoms with van der Waals surface area (Å²) in [6.07, 6.45) is -2.21. The summed E-state index contributed by atoms with van der Waals surface area (Å²) in [5.41, 5.74) is 0.507. The van der Waals surface area contributed by atoms with E-state index >= 15 is 0 Å². The average molecular weight is 255 g/mol. The first-order chi connectivity index (χ1) is 8.45. The SMILES string of the molecule is COC(=O)C(O)C(O)c1ccc(CC(=O)O)nc1. The first-order valence-corrected chi connectivity index (χ1v) is 5.06. The average Bonchev–Trinajstić information content (AvgIpc) is 2.36. The molecule has 0 aliphatic heterocycles. The number of aliphatic carboxylic acids is 1. The van der Waals surface area contributed by atoms with Gasteiger partial charge in [0.05, 0.1) is 19.2 Å². The van der Waals surface area contributed by atoms with Crippen LogP contribution in [0.4, 0.5) is 0 Å². The fourth-order valence-corrected chi connectivity index (χ4v) is 1.30. The molecule has 1 heterocycles. The van der Waals surface area contributed by atoms with E-state index in [1.165, 1.54) is 18.3 Å². The molecule has 18 heavy (non-hydrogen) atoms. The second kappa shape index (κ2) is 6.08. The van der Waals surface area contributed by atoms with Crippen molar-refractivity contribution in [2.45, 2.75) is 18.6 Å². The molecule has 2 unspecified atom stereocenters. The normalized spacial score (nSPS) is 13.7. The predicted octanol–water partition coefficient (Wildman–Crippen LogP) is -0.724. The Morgan fingerprint density at radius 3 is 2.50 bits per heavy atom. The van der Waals surface area contributed by atoms with Crippen LogP contribution in [0.25, 0.3) is 0 Å². The number of nitrogens with zero attached hydrogens (tertiary/aromatic N) is 1. The maximum Gasteiger partial charge on any atom is 0.337 e. The second-order valence-corrected chi connectivity index (χ2v) is 3.57. The lowest BCUT2D eigenvalue weighted by molar-refractivity contribution is -0.156. The quantitative estimate of drug-likeness (QED) is 0.594. The first-order valence-electron chi connectivity index (χ1n) is 5.06. The fourth-order valence-electron chi connectivity index (χ4n) is 1.30. The molecule has 0 saturated carbocycles. The number of aliphatic hydroxyl groups excluding tert-OH is 2. The van der Waals surface area contributed by atoms with Gasteiger partial charge in [0.1, 0.15) is 6.10 Å². The van der Waals surface area contributed by atoms with Crippen molar-refractivity contribution in [2.24, 2.45) is 0 Å². The second-order valence-electron chi connectivity index (χ2n) is 3.57. The lowest BCUT2D eigenvalue weighted by Crippen LogP contribution is -2.29. The molecule has 0 radical (unpaired) electrons. The van der Waals surface area contributed by atoms with Gasteiger partial charge in [0, 0.05) is 11.8 Å². The molecule has 0 bridgehead atoms. The van der Waals surface area contributed by atoms with Crippen molar-refractivity contribution in [2.75, 3.05) is 7.11 Å². The number of aromatic nitrogens is 1. The van der Waals surface area contributed by atoms with Gasteiger partial charge in [0.15, 0.2) is 6.10 Å². The van der Waals surface area contributed by atoms with Crippen LogP contribution in [0.5, 0.6) is 0 Å². The monoisotopic (exact) mass is 255 g/mol. The summed E-state index contributed by atoms with van der Waals surface area (Å²) in [7, 11) is 1.09. The maximum atomic E-state index is 11.0. The zero-order valence-corrected chi connectivity index (χ0v) is 9.61. The van der Waals surface area contributed by atoms with E-state index in [4.69, 9.17) is 5.11 Å². The molecule has 1 aromatic rings. The van der Waals surface area contributed by atoms with Crippen molar-refractivity contribution in [1.29, 1.82) is 0 Å². The number of hydrogen-bond acceptors (Lipinski definition) is 6. The minimum absolute atomic E-state index is 0.196. The molecule has 0 aliphatic carbocycles. The highest BCUT2D eigenvalue weighted by molar-refractivity contribution is 5.75. The highest BCUT2D eigenvalue weighted by atomic mass is 16.5. The summed E-state index contributed by atoms with van der Waals surface area (Å²) in [6, 6.07) is 2.79. The van der Waals surface area contributed by atoms with Gasteiger partial charge in [-0.25, -0.2) is 4.79 Å². The summed E-state index contributed by atoms with van der Waals surface area (Å²) >= 11 is 0. The number of methoxy groups -OCH3 is 1. The minimum atomic E-state index is -1.71. The minimum Gasteiger partial charge on any atom is -0.481 e. The van der Waals surface area contributed by atoms with Gasteiger partial charge in [0.2, 0.25) is 0 Å². The highest BCUT2D eigenvalue weighted by Crippen LogP contribution is 2.17. The molecule has 0 spiro atoms. The molecule has 7 nitrogen and oxygen atoms in total. The molecule has 2 atom stereocenters. The van der Waals surface area contributed by atoms with Crippen LogP contribution in [-0.2, 0) is 20.7 Å². The van der Waals surface area contributed by atoms with Crippen LogP contribution < -0.4 is 0 Å². The number of carboxylic acid groups (broad SMARTS) is 1. The molecule has 3 N–H and O–H groups in total. The van der Waals surface area contributed by atoms with Crippen molar-refractivity contribution in [1.82, 2.24) is 4.98 Å². The number of hydrogen-bond donors (Lipinski definition) is 3. The van der Waals surface area contributed by atoms with Crippen molar-refractivity contribution in [3.63, 3.8) is 0 Å². The molecular formula is C11H13NO6. The Morgan fingerprint density at radius 1 is 1.39 bits per heavy atom. The van der Waals surface area contributed by atoms with Crippen LogP contribution in [-0.4, -0.2) is 45.5 Å². The number of carbonyl (C=O) groups is 2. The Labute approximate surface area is 103 Å². The summed E-state index contributed by atoms with van der Waals surface area (Å²) in [5.74, 6) is -1.98. The molecular weight excluding hydrogens is 242 g/mol. The van der Waals surface area contributed by atoms with Gasteiger partial charge in [-0.15, -0.1) is 0 Å². The van der Waals surface area contributed by atoms with Crippen LogP contribution in [0.15, 0.2) is 18.3 Å². The van der Waals surface area contributed by atoms with E-state index < -0.39 is 24.1 Å². The molecule has 7 heteroatoms. The smallest absolute Gasteiger partial charge is 0.337 e. The Bertz CT molecular complexity index is 430. The Kier molecular flexibility index (Phi) is 4.75. The summed E-state index contributed by atoms with van der Waals surface area (Å²) < 4.78 is 4.28. The van der Waals surface area contributed by atoms with Gasteiger partial charge < -0.3 is 20.1 Å². The van der Waals surface area contributed by atoms with Crippen molar-refractivity contribution >= 4 is 11.9 Å². The molecule has 1 aromatic heterocycles. The Hall–Kier alpha value is -1.99. The summed E-state index contributed by atoms with van der Waals surface area (Å²) in [5, 5.41) is 27.6. The zero-order chi connectivity index (χ0) is 13.7. The van der Waals surface area contributed by atoms with E-state index in [2.05, 4.69) is 9.72 Å². The van der Waals surface area contributed by atoms with Crippen molar-refractivity contribution in [3.05, 3.63) is 29.6 Å². The van der Waals surface area contributed by atoms with Gasteiger partial charge >= 0.3 is 11.9 Å². The first kappa shape index (κ1) is 14.1. The van der Waals surface area contributed by atoms with E-state index in [9.17, 15) is 19.8 Å². The molecule has 0 fully saturated rings. The third-order valence-electron chi connectivity index (χ3n) is 2.26. The standard InChI is InChI=1S/C11H13NO6/c1-18-11(17)10(16)9(15)6-2-3-7(12-5-6)4-8(13)14/h2-3,5,9-10,15-16H,4H2,1H3,(H,13,14). The van der Waals surface area contributed by atoms with Crippen LogP contribution in [0, 0.1) is 0 Å². The molecule has 98 valence electrons. The van der Waals surface area contributed by atoms with Gasteiger partial charge in [-0.05, 0) is 6.07 Å². The van der Waals surface area contributed by atoms with E-state index in [1.54, 1.807) is 0 Å². The van der Waals surface area contributed by atoms with Gasteiger partial charge in [-0.3, -0.25) is 9.78 Å². The summed E-state index contributed by atoms with van der Waals surface area (Å²) in [4.78, 5) is 25.2. The van der Waals surface area contributed by atoms with Gasteiger partial charge in [-0.1, -0.05) is 6.07 Å². The molecule has 0 aliphatic rings. The topological polar surface area (TPSA) is 117 Å². The van der Waals surface area contributed by atoms with E-state index in [1.807, 2.05) is 0 Å². The third-order valence-corrected chi connectivity index (χ3v) is 2.26. The van der Waals surface area contributed by atoms with E-state index in [-0.39, 0.29) is 12.0 Å². The van der Waals surface area contributed by atoms with Crippen molar-refractivity contribution in [3.8, 4) is 0 Å².